The van der Waals surface area contributed by atoms with Crippen molar-refractivity contribution >= 4 is 36.3 Å². The second-order valence-corrected chi connectivity index (χ2v) is 6.80. The predicted octanol–water partition coefficient (Wildman–Crippen LogP) is -1.95. The Labute approximate surface area is 163 Å². The Morgan fingerprint density at radius 3 is 2.56 bits per heavy atom. The number of hydrogen-bond donors (Lipinski definition) is 6. The summed E-state index contributed by atoms with van der Waals surface area (Å²) in [6, 6.07) is -2.58. The van der Waals surface area contributed by atoms with E-state index < -0.39 is 41.8 Å². The number of likely N-dealkylation sites (tertiary alicyclic amines) is 1. The van der Waals surface area contributed by atoms with Crippen molar-refractivity contribution in [1.29, 1.82) is 0 Å². The highest BCUT2D eigenvalue weighted by Gasteiger charge is 2.35. The van der Waals surface area contributed by atoms with E-state index in [2.05, 4.69) is 23.3 Å². The minimum atomic E-state index is -1.12. The number of unbranched alkanes of at least 4 members (excludes halogenated alkanes) is 1. The second kappa shape index (κ2) is 11.8. The van der Waals surface area contributed by atoms with Crippen molar-refractivity contribution in [3.8, 4) is 0 Å². The molecular formula is C16H29N5O5S. The van der Waals surface area contributed by atoms with Gasteiger partial charge in [-0.15, -0.1) is 0 Å². The number of carboxylic acids is 1. The van der Waals surface area contributed by atoms with Gasteiger partial charge in [-0.1, -0.05) is 0 Å². The molecule has 0 radical (unpaired) electrons. The number of nitrogens with two attached hydrogens (primary N) is 2. The van der Waals surface area contributed by atoms with Gasteiger partial charge in [0.25, 0.3) is 0 Å². The Morgan fingerprint density at radius 2 is 1.96 bits per heavy atom. The lowest BCUT2D eigenvalue weighted by Gasteiger charge is -2.26. The van der Waals surface area contributed by atoms with Crippen LogP contribution in [0.3, 0.4) is 0 Å². The zero-order valence-electron chi connectivity index (χ0n) is 15.2. The van der Waals surface area contributed by atoms with Gasteiger partial charge in [0.15, 0.2) is 0 Å². The van der Waals surface area contributed by atoms with Crippen LogP contribution in [0.4, 0.5) is 0 Å². The Kier molecular flexibility index (Phi) is 10.1. The molecule has 0 aromatic rings. The molecule has 0 aliphatic carbocycles. The lowest BCUT2D eigenvalue weighted by Crippen LogP contribution is -2.53. The molecule has 0 saturated carbocycles. The molecule has 3 atom stereocenters. The van der Waals surface area contributed by atoms with Crippen LogP contribution >= 0.6 is 12.6 Å². The first-order chi connectivity index (χ1) is 12.8. The lowest BCUT2D eigenvalue weighted by molar-refractivity contribution is -0.144. The van der Waals surface area contributed by atoms with Crippen LogP contribution in [-0.4, -0.2) is 77.2 Å². The summed E-state index contributed by atoms with van der Waals surface area (Å²) >= 11 is 3.92. The first kappa shape index (κ1) is 23.2. The maximum absolute atomic E-state index is 12.5. The number of carboxylic acid groups (broad SMARTS) is 1. The molecule has 1 rings (SSSR count). The molecule has 1 aliphatic rings. The van der Waals surface area contributed by atoms with E-state index in [1.54, 1.807) is 0 Å². The molecule has 3 unspecified atom stereocenters. The third-order valence-corrected chi connectivity index (χ3v) is 4.78. The Morgan fingerprint density at radius 1 is 1.26 bits per heavy atom. The fourth-order valence-electron chi connectivity index (χ4n) is 2.83. The predicted molar refractivity (Wildman–Crippen MR) is 102 cm³/mol. The molecule has 154 valence electrons. The summed E-state index contributed by atoms with van der Waals surface area (Å²) in [5.74, 6) is -2.38. The number of nitrogens with one attached hydrogen (secondary N) is 2. The van der Waals surface area contributed by atoms with Gasteiger partial charge in [-0.3, -0.25) is 14.4 Å². The van der Waals surface area contributed by atoms with Crippen molar-refractivity contribution in [2.24, 2.45) is 11.5 Å². The van der Waals surface area contributed by atoms with Gasteiger partial charge in [0.1, 0.15) is 12.1 Å². The van der Waals surface area contributed by atoms with E-state index in [0.717, 1.165) is 0 Å². The number of thiol groups is 1. The second-order valence-electron chi connectivity index (χ2n) is 6.44. The highest BCUT2D eigenvalue weighted by atomic mass is 32.1. The number of amides is 3. The van der Waals surface area contributed by atoms with Crippen LogP contribution < -0.4 is 22.1 Å². The maximum atomic E-state index is 12.5. The number of carbonyl (C=O) groups excluding carboxylic acids is 3. The molecule has 1 heterocycles. The first-order valence-corrected chi connectivity index (χ1v) is 9.61. The standard InChI is InChI=1S/C16H29N5O5S/c17-6-2-1-4-11(16(25)26)20-15(24)12-5-3-7-21(12)13(22)8-19-14(23)10(18)9-27/h10-12,27H,1-9,17-18H2,(H,19,23)(H,20,24)(H,25,26). The summed E-state index contributed by atoms with van der Waals surface area (Å²) in [6.45, 7) is 0.549. The van der Waals surface area contributed by atoms with Crippen LogP contribution in [0.2, 0.25) is 0 Å². The Hall–Kier alpha value is -1.85. The molecule has 1 aliphatic heterocycles. The van der Waals surface area contributed by atoms with Crippen LogP contribution in [0, 0.1) is 0 Å². The molecule has 27 heavy (non-hydrogen) atoms. The van der Waals surface area contributed by atoms with E-state index in [0.29, 0.717) is 38.8 Å². The topological polar surface area (TPSA) is 168 Å². The molecule has 1 saturated heterocycles. The van der Waals surface area contributed by atoms with Crippen molar-refractivity contribution in [1.82, 2.24) is 15.5 Å². The summed E-state index contributed by atoms with van der Waals surface area (Å²) in [4.78, 5) is 49.2. The SMILES string of the molecule is NCCCCC(NC(=O)C1CCCN1C(=O)CNC(=O)C(N)CS)C(=O)O. The van der Waals surface area contributed by atoms with Crippen LogP contribution in [-0.2, 0) is 19.2 Å². The van der Waals surface area contributed by atoms with Crippen molar-refractivity contribution in [3.63, 3.8) is 0 Å². The third-order valence-electron chi connectivity index (χ3n) is 4.38. The van der Waals surface area contributed by atoms with Crippen molar-refractivity contribution in [3.05, 3.63) is 0 Å². The number of rotatable bonds is 11. The number of hydrogen-bond acceptors (Lipinski definition) is 7. The average molecular weight is 404 g/mol. The van der Waals surface area contributed by atoms with Gasteiger partial charge in [0.05, 0.1) is 12.6 Å². The largest absolute Gasteiger partial charge is 0.480 e. The van der Waals surface area contributed by atoms with E-state index in [-0.39, 0.29) is 18.7 Å². The average Bonchev–Trinajstić information content (AvgIpc) is 3.14. The van der Waals surface area contributed by atoms with Gasteiger partial charge in [0, 0.05) is 12.3 Å². The van der Waals surface area contributed by atoms with Gasteiger partial charge < -0.3 is 32.1 Å². The van der Waals surface area contributed by atoms with Crippen LogP contribution in [0.5, 0.6) is 0 Å². The minimum absolute atomic E-state index is 0.148. The molecular weight excluding hydrogens is 374 g/mol. The minimum Gasteiger partial charge on any atom is -0.480 e. The summed E-state index contributed by atoms with van der Waals surface area (Å²) in [5, 5.41) is 14.2. The molecule has 1 fully saturated rings. The molecule has 0 aromatic heterocycles. The van der Waals surface area contributed by atoms with Crippen molar-refractivity contribution in [2.75, 3.05) is 25.4 Å². The molecule has 10 nitrogen and oxygen atoms in total. The van der Waals surface area contributed by atoms with Gasteiger partial charge in [0.2, 0.25) is 17.7 Å². The summed E-state index contributed by atoms with van der Waals surface area (Å²) < 4.78 is 0. The molecule has 3 amide bonds. The van der Waals surface area contributed by atoms with Gasteiger partial charge >= 0.3 is 5.97 Å². The Balaban J connectivity index is 2.61. The monoisotopic (exact) mass is 403 g/mol. The number of nitrogens with zero attached hydrogens (tertiary/aromatic N) is 1. The van der Waals surface area contributed by atoms with Crippen molar-refractivity contribution < 1.29 is 24.3 Å². The normalized spacial score (nSPS) is 18.6. The zero-order chi connectivity index (χ0) is 20.4. The summed E-state index contributed by atoms with van der Waals surface area (Å²) in [5.41, 5.74) is 10.9. The molecule has 7 N–H and O–H groups in total. The summed E-state index contributed by atoms with van der Waals surface area (Å²) in [7, 11) is 0. The van der Waals surface area contributed by atoms with Crippen LogP contribution in [0.15, 0.2) is 0 Å². The molecule has 0 aromatic carbocycles. The molecule has 0 bridgehead atoms. The molecule has 11 heteroatoms. The fraction of sp³-hybridized carbons (Fsp3) is 0.750. The lowest BCUT2D eigenvalue weighted by atomic mass is 10.1. The number of carbonyl (C=O) groups is 4. The van der Waals surface area contributed by atoms with Crippen LogP contribution in [0.1, 0.15) is 32.1 Å². The molecule has 0 spiro atoms. The Bertz CT molecular complexity index is 547. The first-order valence-electron chi connectivity index (χ1n) is 8.98. The van der Waals surface area contributed by atoms with E-state index in [4.69, 9.17) is 11.5 Å². The van der Waals surface area contributed by atoms with E-state index in [9.17, 15) is 24.3 Å². The van der Waals surface area contributed by atoms with Gasteiger partial charge in [-0.25, -0.2) is 4.79 Å². The zero-order valence-corrected chi connectivity index (χ0v) is 16.1. The van der Waals surface area contributed by atoms with E-state index >= 15 is 0 Å². The van der Waals surface area contributed by atoms with E-state index in [1.165, 1.54) is 4.90 Å². The summed E-state index contributed by atoms with van der Waals surface area (Å²) in [6.07, 6.45) is 2.59. The highest BCUT2D eigenvalue weighted by molar-refractivity contribution is 7.80. The van der Waals surface area contributed by atoms with Crippen molar-refractivity contribution in [2.45, 2.75) is 50.2 Å². The van der Waals surface area contributed by atoms with Gasteiger partial charge in [-0.2, -0.15) is 12.6 Å². The van der Waals surface area contributed by atoms with E-state index in [1.807, 2.05) is 0 Å². The third kappa shape index (κ3) is 7.35. The quantitative estimate of drug-likeness (QED) is 0.172. The number of aliphatic carboxylic acids is 1. The highest BCUT2D eigenvalue weighted by Crippen LogP contribution is 2.18. The fourth-order valence-corrected chi connectivity index (χ4v) is 3.00. The van der Waals surface area contributed by atoms with Crippen LogP contribution in [0.25, 0.3) is 0 Å². The smallest absolute Gasteiger partial charge is 0.326 e. The maximum Gasteiger partial charge on any atom is 0.326 e. The van der Waals surface area contributed by atoms with Gasteiger partial charge in [-0.05, 0) is 38.6 Å².